The molecule has 0 saturated carbocycles. The van der Waals surface area contributed by atoms with Crippen molar-refractivity contribution < 1.29 is 9.29 Å². The molecule has 5 unspecified atom stereocenters. The van der Waals surface area contributed by atoms with Gasteiger partial charge >= 0.3 is 0 Å². The fraction of sp³-hybridized carbons (Fsp3) is 1.00. The predicted octanol–water partition coefficient (Wildman–Crippen LogP) is -1.36. The topological polar surface area (TPSA) is 68.4 Å². The quantitative estimate of drug-likeness (QED) is 0.535. The summed E-state index contributed by atoms with van der Waals surface area (Å²) in [5.41, 5.74) is 0. The summed E-state index contributed by atoms with van der Waals surface area (Å²) in [7, 11) is 0. The number of rotatable bonds is 2. The van der Waals surface area contributed by atoms with E-state index in [1.807, 2.05) is 11.8 Å². The zero-order valence-electron chi connectivity index (χ0n) is 8.98. The summed E-state index contributed by atoms with van der Waals surface area (Å²) in [5.74, 6) is 1.68. The summed E-state index contributed by atoms with van der Waals surface area (Å²) >= 11 is 1.15. The molecule has 3 aliphatic heterocycles. The fourth-order valence-corrected chi connectivity index (χ4v) is 5.42. The van der Waals surface area contributed by atoms with Crippen molar-refractivity contribution in [2.75, 3.05) is 31.3 Å². The molecule has 0 aromatic rings. The van der Waals surface area contributed by atoms with Gasteiger partial charge in [0.25, 0.3) is 0 Å². The highest BCUT2D eigenvalue weighted by atomic mass is 32.2. The number of ether oxygens (including phenoxy) is 1. The molecule has 0 aliphatic carbocycles. The van der Waals surface area contributed by atoms with Crippen molar-refractivity contribution in [1.82, 2.24) is 16.0 Å². The van der Waals surface area contributed by atoms with Crippen molar-refractivity contribution in [2.45, 2.75) is 22.9 Å². The largest absolute Gasteiger partial charge is 0.615 e. The highest BCUT2D eigenvalue weighted by Crippen LogP contribution is 2.28. The maximum absolute atomic E-state index is 11.7. The van der Waals surface area contributed by atoms with E-state index in [1.54, 1.807) is 0 Å². The van der Waals surface area contributed by atoms with Crippen LogP contribution in [0.5, 0.6) is 0 Å². The second-order valence-electron chi connectivity index (χ2n) is 4.29. The molecule has 3 saturated heterocycles. The third-order valence-electron chi connectivity index (χ3n) is 3.21. The maximum Gasteiger partial charge on any atom is 0.157 e. The van der Waals surface area contributed by atoms with E-state index in [2.05, 4.69) is 16.0 Å². The van der Waals surface area contributed by atoms with Gasteiger partial charge in [-0.3, -0.25) is 16.0 Å². The van der Waals surface area contributed by atoms with Gasteiger partial charge in [0.05, 0.1) is 12.6 Å². The first-order valence-electron chi connectivity index (χ1n) is 5.65. The summed E-state index contributed by atoms with van der Waals surface area (Å²) in [4.78, 5) is 0. The highest BCUT2D eigenvalue weighted by Gasteiger charge is 2.43. The van der Waals surface area contributed by atoms with E-state index in [4.69, 9.17) is 4.74 Å². The van der Waals surface area contributed by atoms with Crippen molar-refractivity contribution in [3.05, 3.63) is 0 Å². The van der Waals surface area contributed by atoms with Crippen LogP contribution in [0.3, 0.4) is 0 Å². The Bertz CT molecular complexity index is 253. The van der Waals surface area contributed by atoms with Gasteiger partial charge in [-0.15, -0.1) is 11.8 Å². The van der Waals surface area contributed by atoms with Crippen molar-refractivity contribution in [2.24, 2.45) is 0 Å². The number of thioether (sulfide) groups is 1. The Balaban J connectivity index is 1.55. The average Bonchev–Trinajstić information content (AvgIpc) is 2.96. The molecule has 3 heterocycles. The van der Waals surface area contributed by atoms with Crippen LogP contribution in [-0.2, 0) is 15.9 Å². The van der Waals surface area contributed by atoms with Crippen molar-refractivity contribution in [3.63, 3.8) is 0 Å². The molecule has 92 valence electrons. The molecule has 3 rings (SSSR count). The molecule has 5 atom stereocenters. The molecule has 3 aliphatic rings. The lowest BCUT2D eigenvalue weighted by Gasteiger charge is -2.22. The molecule has 0 radical (unpaired) electrons. The van der Waals surface area contributed by atoms with Crippen LogP contribution < -0.4 is 16.0 Å². The van der Waals surface area contributed by atoms with Gasteiger partial charge in [0.1, 0.15) is 11.6 Å². The Morgan fingerprint density at radius 3 is 3.06 bits per heavy atom. The Kier molecular flexibility index (Phi) is 3.63. The summed E-state index contributed by atoms with van der Waals surface area (Å²) < 4.78 is 17.3. The van der Waals surface area contributed by atoms with Crippen LogP contribution in [0.25, 0.3) is 0 Å². The minimum Gasteiger partial charge on any atom is -0.615 e. The van der Waals surface area contributed by atoms with Gasteiger partial charge in [0, 0.05) is 18.8 Å². The van der Waals surface area contributed by atoms with Gasteiger partial charge in [-0.05, 0) is 11.2 Å². The van der Waals surface area contributed by atoms with Gasteiger partial charge in [-0.1, -0.05) is 0 Å². The SMILES string of the molecule is [O-][S+]1CNCC1C1NC(C2NCCO2)CS1. The normalized spacial score (nSPS) is 48.9. The maximum atomic E-state index is 11.7. The molecular weight excluding hydrogens is 246 g/mol. The zero-order chi connectivity index (χ0) is 11.0. The van der Waals surface area contributed by atoms with Crippen LogP contribution in [0.15, 0.2) is 0 Å². The molecule has 0 aromatic carbocycles. The zero-order valence-corrected chi connectivity index (χ0v) is 10.6. The summed E-state index contributed by atoms with van der Waals surface area (Å²) in [6.07, 6.45) is 0.139. The molecule has 0 aromatic heterocycles. The van der Waals surface area contributed by atoms with Crippen LogP contribution >= 0.6 is 11.8 Å². The van der Waals surface area contributed by atoms with Gasteiger partial charge in [-0.2, -0.15) is 0 Å². The third-order valence-corrected chi connectivity index (χ3v) is 6.36. The van der Waals surface area contributed by atoms with Gasteiger partial charge in [0.2, 0.25) is 0 Å². The lowest BCUT2D eigenvalue weighted by molar-refractivity contribution is 0.0763. The first kappa shape index (κ1) is 11.6. The summed E-state index contributed by atoms with van der Waals surface area (Å²) in [5, 5.41) is 10.6. The standard InChI is InChI=1S/C9H17N3O2S2/c13-16-5-10-3-7(16)9-12-6(4-15-9)8-11-1-2-14-8/h6-12H,1-5H2. The summed E-state index contributed by atoms with van der Waals surface area (Å²) in [6.45, 7) is 2.60. The Morgan fingerprint density at radius 1 is 1.44 bits per heavy atom. The van der Waals surface area contributed by atoms with E-state index in [9.17, 15) is 4.55 Å². The van der Waals surface area contributed by atoms with Crippen molar-refractivity contribution in [1.29, 1.82) is 0 Å². The lowest BCUT2D eigenvalue weighted by Crippen LogP contribution is -2.49. The minimum absolute atomic E-state index is 0.139. The second kappa shape index (κ2) is 5.01. The smallest absolute Gasteiger partial charge is 0.157 e. The highest BCUT2D eigenvalue weighted by molar-refractivity contribution is 8.01. The van der Waals surface area contributed by atoms with Crippen LogP contribution in [0, 0.1) is 0 Å². The van der Waals surface area contributed by atoms with Crippen molar-refractivity contribution >= 4 is 22.9 Å². The Labute approximate surface area is 103 Å². The monoisotopic (exact) mass is 263 g/mol. The van der Waals surface area contributed by atoms with E-state index in [-0.39, 0.29) is 11.5 Å². The van der Waals surface area contributed by atoms with E-state index in [0.29, 0.717) is 17.3 Å². The lowest BCUT2D eigenvalue weighted by atomic mass is 10.3. The van der Waals surface area contributed by atoms with E-state index < -0.39 is 11.2 Å². The molecule has 5 nitrogen and oxygen atoms in total. The van der Waals surface area contributed by atoms with E-state index >= 15 is 0 Å². The first-order valence-corrected chi connectivity index (χ1v) is 8.08. The fourth-order valence-electron chi connectivity index (χ4n) is 2.36. The molecule has 3 N–H and O–H groups in total. The summed E-state index contributed by atoms with van der Waals surface area (Å²) in [6, 6.07) is 0.357. The molecule has 3 fully saturated rings. The number of nitrogens with one attached hydrogen (secondary N) is 3. The Hall–Kier alpha value is 0.500. The molecule has 16 heavy (non-hydrogen) atoms. The van der Waals surface area contributed by atoms with Crippen LogP contribution in [0.4, 0.5) is 0 Å². The van der Waals surface area contributed by atoms with Crippen LogP contribution in [-0.4, -0.2) is 58.8 Å². The van der Waals surface area contributed by atoms with E-state index in [0.717, 1.165) is 25.4 Å². The number of hydrogen-bond donors (Lipinski definition) is 3. The second-order valence-corrected chi connectivity index (χ2v) is 7.12. The first-order chi connectivity index (χ1) is 7.84. The van der Waals surface area contributed by atoms with Gasteiger partial charge in [-0.25, -0.2) is 0 Å². The van der Waals surface area contributed by atoms with Crippen LogP contribution in [0.2, 0.25) is 0 Å². The number of hydrogen-bond acceptors (Lipinski definition) is 6. The average molecular weight is 263 g/mol. The molecule has 0 amide bonds. The van der Waals surface area contributed by atoms with Gasteiger partial charge in [0.15, 0.2) is 11.1 Å². The molecular formula is C9H17N3O2S2. The molecule has 0 bridgehead atoms. The minimum atomic E-state index is -0.723. The van der Waals surface area contributed by atoms with Gasteiger partial charge < -0.3 is 9.29 Å². The van der Waals surface area contributed by atoms with Crippen LogP contribution in [0.1, 0.15) is 0 Å². The molecule has 0 spiro atoms. The predicted molar refractivity (Wildman–Crippen MR) is 65.7 cm³/mol. The third kappa shape index (κ3) is 2.22. The molecule has 7 heteroatoms. The van der Waals surface area contributed by atoms with E-state index in [1.165, 1.54) is 0 Å². The van der Waals surface area contributed by atoms with Crippen molar-refractivity contribution in [3.8, 4) is 0 Å². The Morgan fingerprint density at radius 2 is 2.38 bits per heavy atom.